The van der Waals surface area contributed by atoms with Gasteiger partial charge in [0.25, 0.3) is 0 Å². The first-order chi connectivity index (χ1) is 8.10. The Morgan fingerprint density at radius 3 is 2.53 bits per heavy atom. The van der Waals surface area contributed by atoms with E-state index >= 15 is 0 Å². The monoisotopic (exact) mass is 234 g/mol. The van der Waals surface area contributed by atoms with E-state index in [0.29, 0.717) is 12.1 Å². The van der Waals surface area contributed by atoms with E-state index in [9.17, 15) is 9.18 Å². The van der Waals surface area contributed by atoms with Crippen molar-refractivity contribution in [2.75, 3.05) is 11.9 Å². The minimum Gasteiger partial charge on any atom is -0.314 e. The fraction of sp³-hybridized carbons (Fsp3) is 0.385. The standard InChI is InChI=1S/C13H15FN2O/c1-3-4-10(9-15)13(17)16(2)12-7-5-11(14)6-8-12/h5-8,10H,3-4H2,1-2H3. The van der Waals surface area contributed by atoms with Crippen molar-refractivity contribution in [3.63, 3.8) is 0 Å². The van der Waals surface area contributed by atoms with E-state index in [-0.39, 0.29) is 11.7 Å². The summed E-state index contributed by atoms with van der Waals surface area (Å²) >= 11 is 0. The van der Waals surface area contributed by atoms with E-state index in [1.165, 1.54) is 29.2 Å². The summed E-state index contributed by atoms with van der Waals surface area (Å²) in [6.07, 6.45) is 1.32. The van der Waals surface area contributed by atoms with E-state index in [4.69, 9.17) is 5.26 Å². The lowest BCUT2D eigenvalue weighted by molar-refractivity contribution is -0.120. The van der Waals surface area contributed by atoms with Gasteiger partial charge in [0.1, 0.15) is 11.7 Å². The number of nitriles is 1. The second kappa shape index (κ2) is 6.00. The molecule has 1 aromatic carbocycles. The summed E-state index contributed by atoms with van der Waals surface area (Å²) in [7, 11) is 1.59. The van der Waals surface area contributed by atoms with Crippen molar-refractivity contribution < 1.29 is 9.18 Å². The predicted octanol–water partition coefficient (Wildman–Crippen LogP) is 2.73. The summed E-state index contributed by atoms with van der Waals surface area (Å²) in [6.45, 7) is 1.93. The number of rotatable bonds is 4. The lowest BCUT2D eigenvalue weighted by atomic mass is 10.0. The molecule has 0 aromatic heterocycles. The summed E-state index contributed by atoms with van der Waals surface area (Å²) in [5.74, 6) is -1.23. The highest BCUT2D eigenvalue weighted by molar-refractivity contribution is 5.95. The van der Waals surface area contributed by atoms with Crippen LogP contribution in [0.4, 0.5) is 10.1 Å². The number of amides is 1. The van der Waals surface area contributed by atoms with Crippen LogP contribution < -0.4 is 4.90 Å². The van der Waals surface area contributed by atoms with Crippen LogP contribution in [0.5, 0.6) is 0 Å². The maximum absolute atomic E-state index is 12.7. The number of halogens is 1. The molecular formula is C13H15FN2O. The summed E-state index contributed by atoms with van der Waals surface area (Å²) in [4.78, 5) is 13.4. The lowest BCUT2D eigenvalue weighted by Gasteiger charge is -2.19. The average Bonchev–Trinajstić information content (AvgIpc) is 2.35. The number of anilines is 1. The molecule has 0 fully saturated rings. The minimum atomic E-state index is -0.630. The Balaban J connectivity index is 2.82. The molecule has 1 aromatic rings. The molecule has 3 nitrogen and oxygen atoms in total. The fourth-order valence-corrected chi connectivity index (χ4v) is 1.56. The quantitative estimate of drug-likeness (QED) is 0.804. The number of benzene rings is 1. The van der Waals surface area contributed by atoms with Crippen LogP contribution in [0.15, 0.2) is 24.3 Å². The molecule has 0 saturated heterocycles. The van der Waals surface area contributed by atoms with Crippen LogP contribution >= 0.6 is 0 Å². The molecule has 0 aliphatic carbocycles. The van der Waals surface area contributed by atoms with Crippen LogP contribution in [-0.4, -0.2) is 13.0 Å². The van der Waals surface area contributed by atoms with Gasteiger partial charge in [-0.25, -0.2) is 4.39 Å². The van der Waals surface area contributed by atoms with Crippen molar-refractivity contribution in [3.05, 3.63) is 30.1 Å². The Morgan fingerprint density at radius 1 is 1.47 bits per heavy atom. The zero-order valence-electron chi connectivity index (χ0n) is 9.98. The fourth-order valence-electron chi connectivity index (χ4n) is 1.56. The molecule has 1 unspecified atom stereocenters. The molecule has 1 atom stereocenters. The molecule has 4 heteroatoms. The van der Waals surface area contributed by atoms with E-state index < -0.39 is 5.92 Å². The highest BCUT2D eigenvalue weighted by Gasteiger charge is 2.21. The highest BCUT2D eigenvalue weighted by atomic mass is 19.1. The van der Waals surface area contributed by atoms with Gasteiger partial charge in [0, 0.05) is 12.7 Å². The van der Waals surface area contributed by atoms with Crippen LogP contribution in [-0.2, 0) is 4.79 Å². The molecule has 90 valence electrons. The van der Waals surface area contributed by atoms with Crippen LogP contribution in [0.3, 0.4) is 0 Å². The van der Waals surface area contributed by atoms with Crippen molar-refractivity contribution in [2.24, 2.45) is 5.92 Å². The third kappa shape index (κ3) is 3.28. The Morgan fingerprint density at radius 2 is 2.06 bits per heavy atom. The zero-order chi connectivity index (χ0) is 12.8. The highest BCUT2D eigenvalue weighted by Crippen LogP contribution is 2.17. The Bertz CT molecular complexity index is 422. The first kappa shape index (κ1) is 13.2. The Kier molecular flexibility index (Phi) is 4.65. The summed E-state index contributed by atoms with van der Waals surface area (Å²) in [6, 6.07) is 7.63. The Hall–Kier alpha value is -1.89. The molecule has 0 bridgehead atoms. The molecule has 0 saturated carbocycles. The molecule has 0 aliphatic rings. The lowest BCUT2D eigenvalue weighted by Crippen LogP contribution is -2.32. The number of nitrogens with zero attached hydrogens (tertiary/aromatic N) is 2. The molecule has 0 aliphatic heterocycles. The van der Waals surface area contributed by atoms with Gasteiger partial charge in [0.2, 0.25) is 5.91 Å². The molecule has 0 N–H and O–H groups in total. The van der Waals surface area contributed by atoms with E-state index in [1.54, 1.807) is 7.05 Å². The number of hydrogen-bond donors (Lipinski definition) is 0. The molecule has 1 amide bonds. The second-order valence-electron chi connectivity index (χ2n) is 3.84. The molecule has 0 heterocycles. The largest absolute Gasteiger partial charge is 0.314 e. The number of hydrogen-bond acceptors (Lipinski definition) is 2. The summed E-state index contributed by atoms with van der Waals surface area (Å²) in [5.41, 5.74) is 0.591. The van der Waals surface area contributed by atoms with Gasteiger partial charge < -0.3 is 4.90 Å². The Labute approximate surface area is 100 Å². The van der Waals surface area contributed by atoms with Gasteiger partial charge in [-0.05, 0) is 30.7 Å². The van der Waals surface area contributed by atoms with Crippen molar-refractivity contribution in [2.45, 2.75) is 19.8 Å². The number of carbonyl (C=O) groups excluding carboxylic acids is 1. The molecule has 0 spiro atoms. The van der Waals surface area contributed by atoms with Gasteiger partial charge in [-0.15, -0.1) is 0 Å². The SMILES string of the molecule is CCCC(C#N)C(=O)N(C)c1ccc(F)cc1. The smallest absolute Gasteiger partial charge is 0.244 e. The minimum absolute atomic E-state index is 0.249. The van der Waals surface area contributed by atoms with Gasteiger partial charge in [-0.2, -0.15) is 5.26 Å². The summed E-state index contributed by atoms with van der Waals surface area (Å²) < 4.78 is 12.7. The van der Waals surface area contributed by atoms with Gasteiger partial charge in [0.15, 0.2) is 0 Å². The van der Waals surface area contributed by atoms with Crippen LogP contribution in [0.1, 0.15) is 19.8 Å². The predicted molar refractivity (Wildman–Crippen MR) is 63.8 cm³/mol. The maximum Gasteiger partial charge on any atom is 0.244 e. The maximum atomic E-state index is 12.7. The van der Waals surface area contributed by atoms with Crippen molar-refractivity contribution in [1.29, 1.82) is 5.26 Å². The van der Waals surface area contributed by atoms with Crippen molar-refractivity contribution in [3.8, 4) is 6.07 Å². The van der Waals surface area contributed by atoms with Gasteiger partial charge in [0.05, 0.1) is 6.07 Å². The number of carbonyl (C=O) groups is 1. The summed E-state index contributed by atoms with van der Waals surface area (Å²) in [5, 5.41) is 8.91. The van der Waals surface area contributed by atoms with Gasteiger partial charge >= 0.3 is 0 Å². The third-order valence-corrected chi connectivity index (χ3v) is 2.58. The molecule has 0 radical (unpaired) electrons. The molecular weight excluding hydrogens is 219 g/mol. The first-order valence-electron chi connectivity index (χ1n) is 5.53. The van der Waals surface area contributed by atoms with Crippen molar-refractivity contribution >= 4 is 11.6 Å². The molecule has 1 rings (SSSR count). The van der Waals surface area contributed by atoms with E-state index in [1.807, 2.05) is 13.0 Å². The first-order valence-corrected chi connectivity index (χ1v) is 5.53. The van der Waals surface area contributed by atoms with Crippen LogP contribution in [0.25, 0.3) is 0 Å². The average molecular weight is 234 g/mol. The van der Waals surface area contributed by atoms with Crippen LogP contribution in [0, 0.1) is 23.1 Å². The van der Waals surface area contributed by atoms with Crippen molar-refractivity contribution in [1.82, 2.24) is 0 Å². The van der Waals surface area contributed by atoms with Gasteiger partial charge in [-0.3, -0.25) is 4.79 Å². The third-order valence-electron chi connectivity index (χ3n) is 2.58. The normalized spacial score (nSPS) is 11.6. The van der Waals surface area contributed by atoms with E-state index in [0.717, 1.165) is 6.42 Å². The van der Waals surface area contributed by atoms with Gasteiger partial charge in [-0.1, -0.05) is 13.3 Å². The van der Waals surface area contributed by atoms with Crippen LogP contribution in [0.2, 0.25) is 0 Å². The van der Waals surface area contributed by atoms with E-state index in [2.05, 4.69) is 0 Å². The molecule has 17 heavy (non-hydrogen) atoms. The topological polar surface area (TPSA) is 44.1 Å². The second-order valence-corrected chi connectivity index (χ2v) is 3.84. The zero-order valence-corrected chi connectivity index (χ0v) is 9.98.